The second-order valence-electron chi connectivity index (χ2n) is 5.25. The van der Waals surface area contributed by atoms with Gasteiger partial charge in [0.05, 0.1) is 19.8 Å². The fourth-order valence-electron chi connectivity index (χ4n) is 2.87. The Labute approximate surface area is 120 Å². The molecule has 2 fully saturated rings. The van der Waals surface area contributed by atoms with Gasteiger partial charge in [-0.25, -0.2) is 0 Å². The molecule has 118 valence electrons. The highest BCUT2D eigenvalue weighted by molar-refractivity contribution is 4.93. The van der Waals surface area contributed by atoms with Crippen molar-refractivity contribution in [3.05, 3.63) is 0 Å². The van der Waals surface area contributed by atoms with E-state index in [0.29, 0.717) is 25.9 Å². The number of ether oxygens (including phenoxy) is 6. The van der Waals surface area contributed by atoms with Crippen LogP contribution in [0, 0.1) is 0 Å². The summed E-state index contributed by atoms with van der Waals surface area (Å²) >= 11 is 0. The van der Waals surface area contributed by atoms with Gasteiger partial charge >= 0.3 is 5.97 Å². The zero-order chi connectivity index (χ0) is 14.5. The highest BCUT2D eigenvalue weighted by Gasteiger charge is 2.56. The average Bonchev–Trinajstić information content (AvgIpc) is 3.31. The van der Waals surface area contributed by atoms with Gasteiger partial charge in [-0.15, -0.1) is 0 Å². The molecule has 6 nitrogen and oxygen atoms in total. The molecule has 2 unspecified atom stereocenters. The normalized spacial score (nSPS) is 32.2. The third-order valence-electron chi connectivity index (χ3n) is 4.08. The molecule has 0 radical (unpaired) electrons. The fraction of sp³-hybridized carbons (Fsp3) is 1.00. The lowest BCUT2D eigenvalue weighted by molar-refractivity contribution is -0.445. The summed E-state index contributed by atoms with van der Waals surface area (Å²) in [7, 11) is 4.85. The van der Waals surface area contributed by atoms with Crippen molar-refractivity contribution in [1.29, 1.82) is 0 Å². The molecule has 0 aromatic heterocycles. The van der Waals surface area contributed by atoms with Gasteiger partial charge in [0.25, 0.3) is 0 Å². The summed E-state index contributed by atoms with van der Waals surface area (Å²) in [5.41, 5.74) is -0.589. The van der Waals surface area contributed by atoms with Crippen LogP contribution in [-0.2, 0) is 28.4 Å². The molecule has 20 heavy (non-hydrogen) atoms. The van der Waals surface area contributed by atoms with Gasteiger partial charge in [-0.1, -0.05) is 0 Å². The smallest absolute Gasteiger partial charge is 0.313 e. The number of rotatable bonds is 9. The molecule has 2 aliphatic heterocycles. The lowest BCUT2D eigenvalue weighted by atomic mass is 9.87. The van der Waals surface area contributed by atoms with E-state index in [0.717, 1.165) is 32.3 Å². The molecule has 2 atom stereocenters. The first-order chi connectivity index (χ1) is 9.72. The van der Waals surface area contributed by atoms with Crippen molar-refractivity contribution in [3.8, 4) is 0 Å². The molecular weight excluding hydrogens is 264 g/mol. The summed E-state index contributed by atoms with van der Waals surface area (Å²) in [4.78, 5) is 0. The van der Waals surface area contributed by atoms with Gasteiger partial charge in [0.15, 0.2) is 0 Å². The number of hydrogen-bond donors (Lipinski definition) is 0. The molecule has 0 saturated carbocycles. The Hall–Kier alpha value is -0.240. The van der Waals surface area contributed by atoms with Crippen LogP contribution in [0.2, 0.25) is 0 Å². The molecule has 2 aliphatic rings. The Morgan fingerprint density at radius 1 is 1.15 bits per heavy atom. The average molecular weight is 290 g/mol. The Morgan fingerprint density at radius 3 is 2.50 bits per heavy atom. The van der Waals surface area contributed by atoms with E-state index in [9.17, 15) is 0 Å². The number of hydrogen-bond acceptors (Lipinski definition) is 6. The van der Waals surface area contributed by atoms with Gasteiger partial charge in [-0.05, 0) is 25.7 Å². The Morgan fingerprint density at radius 2 is 1.90 bits per heavy atom. The van der Waals surface area contributed by atoms with Crippen LogP contribution in [0.1, 0.15) is 25.7 Å². The van der Waals surface area contributed by atoms with Crippen LogP contribution in [0.25, 0.3) is 0 Å². The molecule has 0 bridgehead atoms. The van der Waals surface area contributed by atoms with E-state index in [2.05, 4.69) is 0 Å². The molecule has 2 heterocycles. The molecule has 0 amide bonds. The second-order valence-corrected chi connectivity index (χ2v) is 5.25. The van der Waals surface area contributed by atoms with Gasteiger partial charge in [0, 0.05) is 27.9 Å². The van der Waals surface area contributed by atoms with Crippen molar-refractivity contribution >= 4 is 0 Å². The predicted octanol–water partition coefficient (Wildman–Crippen LogP) is 1.32. The van der Waals surface area contributed by atoms with Crippen LogP contribution in [0.5, 0.6) is 0 Å². The maximum atomic E-state index is 5.76. The first-order valence-corrected chi connectivity index (χ1v) is 7.21. The molecule has 0 N–H and O–H groups in total. The molecule has 2 rings (SSSR count). The largest absolute Gasteiger partial charge is 0.379 e. The van der Waals surface area contributed by atoms with E-state index in [1.54, 1.807) is 21.3 Å². The lowest BCUT2D eigenvalue weighted by Crippen LogP contribution is -2.62. The molecule has 0 aliphatic carbocycles. The molecule has 0 aromatic carbocycles. The van der Waals surface area contributed by atoms with E-state index in [4.69, 9.17) is 28.4 Å². The zero-order valence-corrected chi connectivity index (χ0v) is 12.7. The van der Waals surface area contributed by atoms with Crippen molar-refractivity contribution in [2.75, 3.05) is 47.8 Å². The summed E-state index contributed by atoms with van der Waals surface area (Å²) in [6.45, 7) is 2.79. The van der Waals surface area contributed by atoms with Gasteiger partial charge < -0.3 is 28.4 Å². The van der Waals surface area contributed by atoms with Gasteiger partial charge in [-0.3, -0.25) is 0 Å². The molecule has 0 spiro atoms. The van der Waals surface area contributed by atoms with Gasteiger partial charge in [0.1, 0.15) is 11.7 Å². The maximum absolute atomic E-state index is 5.76. The van der Waals surface area contributed by atoms with Crippen LogP contribution < -0.4 is 0 Å². The lowest BCUT2D eigenvalue weighted by Gasteiger charge is -2.49. The number of epoxide rings is 1. The minimum Gasteiger partial charge on any atom is -0.379 e. The summed E-state index contributed by atoms with van der Waals surface area (Å²) in [5.74, 6) is -1.13. The Bertz CT molecular complexity index is 289. The monoisotopic (exact) mass is 290 g/mol. The maximum Gasteiger partial charge on any atom is 0.313 e. The summed E-state index contributed by atoms with van der Waals surface area (Å²) < 4.78 is 33.2. The Balaban J connectivity index is 1.86. The zero-order valence-electron chi connectivity index (χ0n) is 12.7. The van der Waals surface area contributed by atoms with Crippen LogP contribution in [0.15, 0.2) is 0 Å². The summed E-state index contributed by atoms with van der Waals surface area (Å²) in [5, 5.41) is 0. The van der Waals surface area contributed by atoms with Crippen LogP contribution >= 0.6 is 0 Å². The molecule has 6 heteroatoms. The summed E-state index contributed by atoms with van der Waals surface area (Å²) in [6, 6.07) is 0. The van der Waals surface area contributed by atoms with E-state index < -0.39 is 11.6 Å². The predicted molar refractivity (Wildman–Crippen MR) is 71.5 cm³/mol. The Kier molecular flexibility index (Phi) is 5.77. The third kappa shape index (κ3) is 3.32. The second kappa shape index (κ2) is 7.15. The first-order valence-electron chi connectivity index (χ1n) is 7.21. The van der Waals surface area contributed by atoms with Crippen LogP contribution in [-0.4, -0.2) is 65.4 Å². The van der Waals surface area contributed by atoms with Crippen molar-refractivity contribution in [1.82, 2.24) is 0 Å². The van der Waals surface area contributed by atoms with Gasteiger partial charge in [0.2, 0.25) is 0 Å². The number of methoxy groups -OCH3 is 3. The third-order valence-corrected chi connectivity index (χ3v) is 4.08. The summed E-state index contributed by atoms with van der Waals surface area (Å²) in [6.07, 6.45) is 3.70. The van der Waals surface area contributed by atoms with Crippen LogP contribution in [0.3, 0.4) is 0 Å². The minimum absolute atomic E-state index is 0.307. The highest BCUT2D eigenvalue weighted by Crippen LogP contribution is 2.42. The van der Waals surface area contributed by atoms with E-state index in [1.807, 2.05) is 0 Å². The van der Waals surface area contributed by atoms with Crippen molar-refractivity contribution in [2.24, 2.45) is 0 Å². The van der Waals surface area contributed by atoms with Gasteiger partial charge in [-0.2, -0.15) is 0 Å². The van der Waals surface area contributed by atoms with E-state index in [1.165, 1.54) is 0 Å². The van der Waals surface area contributed by atoms with Crippen molar-refractivity contribution in [3.63, 3.8) is 0 Å². The van der Waals surface area contributed by atoms with Crippen molar-refractivity contribution in [2.45, 2.75) is 43.4 Å². The van der Waals surface area contributed by atoms with Crippen LogP contribution in [0.4, 0.5) is 0 Å². The van der Waals surface area contributed by atoms with E-state index >= 15 is 0 Å². The highest BCUT2D eigenvalue weighted by atomic mass is 16.9. The molecular formula is C14H26O6. The first kappa shape index (κ1) is 16.1. The molecule has 0 aromatic rings. The van der Waals surface area contributed by atoms with E-state index in [-0.39, 0.29) is 0 Å². The SMILES string of the molecule is COC1(CCCOCC2CO2)CCCOC1(OC)OC. The van der Waals surface area contributed by atoms with Crippen molar-refractivity contribution < 1.29 is 28.4 Å². The fourth-order valence-corrected chi connectivity index (χ4v) is 2.87. The minimum atomic E-state index is -1.13. The quantitative estimate of drug-likeness (QED) is 0.363. The topological polar surface area (TPSA) is 58.7 Å². The standard InChI is InChI=1S/C14H26O6/c1-15-13(6-4-8-18-10-12-11-19-12)7-5-9-20-14(13,16-2)17-3/h12H,4-11H2,1-3H3. The molecule has 2 saturated heterocycles.